The summed E-state index contributed by atoms with van der Waals surface area (Å²) in [6.45, 7) is 1.60. The van der Waals surface area contributed by atoms with Crippen molar-refractivity contribution in [2.75, 3.05) is 0 Å². The lowest BCUT2D eigenvalue weighted by Gasteiger charge is -2.09. The second-order valence-corrected chi connectivity index (χ2v) is 5.40. The van der Waals surface area contributed by atoms with Gasteiger partial charge in [-0.05, 0) is 54.6 Å². The number of fused-ring (bicyclic) bond motifs is 1. The fraction of sp³-hybridized carbons (Fsp3) is 0.133. The number of hydrogen-bond donors (Lipinski definition) is 1. The first kappa shape index (κ1) is 13.1. The van der Waals surface area contributed by atoms with Gasteiger partial charge < -0.3 is 9.52 Å². The summed E-state index contributed by atoms with van der Waals surface area (Å²) in [7, 11) is 0. The van der Waals surface area contributed by atoms with Gasteiger partial charge >= 0.3 is 0 Å². The van der Waals surface area contributed by atoms with Crippen LogP contribution in [0.15, 0.2) is 57.0 Å². The first-order chi connectivity index (χ1) is 9.63. The Bertz CT molecular complexity index is 721. The van der Waals surface area contributed by atoms with Gasteiger partial charge in [-0.2, -0.15) is 0 Å². The van der Waals surface area contributed by atoms with E-state index in [1.54, 1.807) is 13.0 Å². The first-order valence-corrected chi connectivity index (χ1v) is 6.96. The molecule has 0 saturated carbocycles. The zero-order valence-electron chi connectivity index (χ0n) is 10.7. The number of rotatable bonds is 3. The Balaban J connectivity index is 1.98. The van der Waals surface area contributed by atoms with E-state index in [1.165, 1.54) is 23.9 Å². The summed E-state index contributed by atoms with van der Waals surface area (Å²) in [6.07, 6.45) is -0.752. The maximum atomic E-state index is 13.3. The lowest BCUT2D eigenvalue weighted by molar-refractivity contribution is 0.196. The topological polar surface area (TPSA) is 46.3 Å². The van der Waals surface area contributed by atoms with Crippen LogP contribution in [0.2, 0.25) is 0 Å². The van der Waals surface area contributed by atoms with E-state index >= 15 is 0 Å². The van der Waals surface area contributed by atoms with Crippen LogP contribution in [0, 0.1) is 5.82 Å². The fourth-order valence-corrected chi connectivity index (χ4v) is 2.87. The predicted molar refractivity (Wildman–Crippen MR) is 75.2 cm³/mol. The summed E-state index contributed by atoms with van der Waals surface area (Å²) in [4.78, 5) is 5.08. The van der Waals surface area contributed by atoms with E-state index in [9.17, 15) is 9.50 Å². The zero-order valence-corrected chi connectivity index (χ0v) is 11.5. The molecule has 0 fully saturated rings. The summed E-state index contributed by atoms with van der Waals surface area (Å²) < 4.78 is 18.9. The number of halogens is 1. The summed E-state index contributed by atoms with van der Waals surface area (Å²) in [5, 5.41) is 10.2. The van der Waals surface area contributed by atoms with Gasteiger partial charge in [0.15, 0.2) is 5.58 Å². The lowest BCUT2D eigenvalue weighted by Crippen LogP contribution is -1.95. The zero-order chi connectivity index (χ0) is 14.1. The Morgan fingerprint density at radius 1 is 1.25 bits per heavy atom. The number of benzene rings is 2. The molecule has 0 radical (unpaired) electrons. The SMILES string of the molecule is C[C@@H](O)c1cc(F)ccc1Sc1nc2ccccc2o1. The van der Waals surface area contributed by atoms with Gasteiger partial charge in [0.05, 0.1) is 6.10 Å². The molecule has 0 aliphatic carbocycles. The number of aliphatic hydroxyl groups excluding tert-OH is 1. The van der Waals surface area contributed by atoms with Crippen molar-refractivity contribution in [2.45, 2.75) is 23.1 Å². The van der Waals surface area contributed by atoms with E-state index in [2.05, 4.69) is 4.98 Å². The lowest BCUT2D eigenvalue weighted by atomic mass is 10.1. The average molecular weight is 289 g/mol. The molecule has 1 atom stereocenters. The molecule has 1 aromatic heterocycles. The predicted octanol–water partition coefficient (Wildman–Crippen LogP) is 4.17. The standard InChI is InChI=1S/C15H12FNO2S/c1-9(18)11-8-10(16)6-7-14(11)20-15-17-12-4-2-3-5-13(12)19-15/h2-9,18H,1H3/t9-/m1/s1. The molecule has 3 nitrogen and oxygen atoms in total. The van der Waals surface area contributed by atoms with E-state index in [4.69, 9.17) is 4.42 Å². The molecule has 2 aromatic carbocycles. The number of oxazole rings is 1. The van der Waals surface area contributed by atoms with Gasteiger partial charge in [0.1, 0.15) is 11.3 Å². The van der Waals surface area contributed by atoms with Crippen molar-refractivity contribution in [1.29, 1.82) is 0 Å². The Morgan fingerprint density at radius 3 is 2.80 bits per heavy atom. The van der Waals surface area contributed by atoms with Crippen LogP contribution in [0.5, 0.6) is 0 Å². The van der Waals surface area contributed by atoms with Crippen LogP contribution in [-0.2, 0) is 0 Å². The molecule has 3 rings (SSSR count). The Kier molecular flexibility index (Phi) is 3.46. The number of nitrogens with zero attached hydrogens (tertiary/aromatic N) is 1. The van der Waals surface area contributed by atoms with Gasteiger partial charge in [0.2, 0.25) is 0 Å². The second-order valence-electron chi connectivity index (χ2n) is 4.41. The largest absolute Gasteiger partial charge is 0.431 e. The highest BCUT2D eigenvalue weighted by Crippen LogP contribution is 2.34. The average Bonchev–Trinajstić information content (AvgIpc) is 2.82. The quantitative estimate of drug-likeness (QED) is 0.786. The van der Waals surface area contributed by atoms with Gasteiger partial charge in [-0.3, -0.25) is 0 Å². The molecule has 0 aliphatic heterocycles. The molecule has 0 spiro atoms. The summed E-state index contributed by atoms with van der Waals surface area (Å²) in [5.74, 6) is -0.372. The van der Waals surface area contributed by atoms with Crippen molar-refractivity contribution in [2.24, 2.45) is 0 Å². The molecule has 0 unspecified atom stereocenters. The third kappa shape index (κ3) is 2.55. The van der Waals surface area contributed by atoms with E-state index in [0.717, 1.165) is 10.4 Å². The van der Waals surface area contributed by atoms with Gasteiger partial charge in [-0.1, -0.05) is 12.1 Å². The summed E-state index contributed by atoms with van der Waals surface area (Å²) in [5.41, 5.74) is 2.00. The Hall–Kier alpha value is -1.85. The minimum Gasteiger partial charge on any atom is -0.431 e. The molecular weight excluding hydrogens is 277 g/mol. The molecular formula is C15H12FNO2S. The Labute approximate surface area is 119 Å². The highest BCUT2D eigenvalue weighted by molar-refractivity contribution is 7.99. The normalized spacial score (nSPS) is 12.8. The van der Waals surface area contributed by atoms with Crippen LogP contribution in [0.3, 0.4) is 0 Å². The maximum absolute atomic E-state index is 13.3. The molecule has 0 aliphatic rings. The van der Waals surface area contributed by atoms with Crippen LogP contribution in [-0.4, -0.2) is 10.1 Å². The van der Waals surface area contributed by atoms with Gasteiger partial charge in [0.25, 0.3) is 5.22 Å². The van der Waals surface area contributed by atoms with E-state index in [-0.39, 0.29) is 5.82 Å². The monoisotopic (exact) mass is 289 g/mol. The van der Waals surface area contributed by atoms with Crippen LogP contribution in [0.25, 0.3) is 11.1 Å². The van der Waals surface area contributed by atoms with Crippen LogP contribution in [0.1, 0.15) is 18.6 Å². The molecule has 5 heteroatoms. The fourth-order valence-electron chi connectivity index (χ4n) is 1.93. The summed E-state index contributed by atoms with van der Waals surface area (Å²) in [6, 6.07) is 11.8. The number of aromatic nitrogens is 1. The highest BCUT2D eigenvalue weighted by atomic mass is 32.2. The molecule has 0 bridgehead atoms. The van der Waals surface area contributed by atoms with Crippen LogP contribution < -0.4 is 0 Å². The smallest absolute Gasteiger partial charge is 0.261 e. The number of aliphatic hydroxyl groups is 1. The maximum Gasteiger partial charge on any atom is 0.261 e. The third-order valence-electron chi connectivity index (χ3n) is 2.89. The number of para-hydroxylation sites is 2. The number of hydrogen-bond acceptors (Lipinski definition) is 4. The van der Waals surface area contributed by atoms with E-state index in [1.807, 2.05) is 24.3 Å². The van der Waals surface area contributed by atoms with Crippen molar-refractivity contribution >= 4 is 22.9 Å². The molecule has 1 N–H and O–H groups in total. The molecule has 0 saturated heterocycles. The minimum absolute atomic E-state index is 0.372. The van der Waals surface area contributed by atoms with Crippen molar-refractivity contribution in [1.82, 2.24) is 4.98 Å². The third-order valence-corrected chi connectivity index (χ3v) is 3.83. The minimum atomic E-state index is -0.752. The van der Waals surface area contributed by atoms with Gasteiger partial charge in [0, 0.05) is 4.90 Å². The van der Waals surface area contributed by atoms with Crippen molar-refractivity contribution in [3.8, 4) is 0 Å². The molecule has 102 valence electrons. The van der Waals surface area contributed by atoms with Gasteiger partial charge in [-0.15, -0.1) is 0 Å². The van der Waals surface area contributed by atoms with Crippen molar-refractivity contribution in [3.05, 3.63) is 53.8 Å². The van der Waals surface area contributed by atoms with Crippen LogP contribution in [0.4, 0.5) is 4.39 Å². The molecule has 20 heavy (non-hydrogen) atoms. The van der Waals surface area contributed by atoms with Crippen LogP contribution >= 0.6 is 11.8 Å². The van der Waals surface area contributed by atoms with Gasteiger partial charge in [-0.25, -0.2) is 9.37 Å². The van der Waals surface area contributed by atoms with Crippen molar-refractivity contribution < 1.29 is 13.9 Å². The van der Waals surface area contributed by atoms with E-state index in [0.29, 0.717) is 16.4 Å². The second kappa shape index (κ2) is 5.26. The molecule has 3 aromatic rings. The summed E-state index contributed by atoms with van der Waals surface area (Å²) >= 11 is 1.27. The highest BCUT2D eigenvalue weighted by Gasteiger charge is 2.14. The molecule has 0 amide bonds. The van der Waals surface area contributed by atoms with E-state index < -0.39 is 6.10 Å². The first-order valence-electron chi connectivity index (χ1n) is 6.14. The Morgan fingerprint density at radius 2 is 2.05 bits per heavy atom. The molecule has 1 heterocycles. The van der Waals surface area contributed by atoms with Crippen molar-refractivity contribution in [3.63, 3.8) is 0 Å².